The van der Waals surface area contributed by atoms with Crippen LogP contribution in [-0.2, 0) is 20.1 Å². The molecule has 0 atom stereocenters. The van der Waals surface area contributed by atoms with E-state index in [1.54, 1.807) is 6.20 Å². The van der Waals surface area contributed by atoms with E-state index < -0.39 is 0 Å². The van der Waals surface area contributed by atoms with Gasteiger partial charge in [-0.15, -0.1) is 71.8 Å². The first-order valence-corrected chi connectivity index (χ1v) is 14.1. The van der Waals surface area contributed by atoms with Gasteiger partial charge in [0, 0.05) is 44.4 Å². The fraction of sp³-hybridized carbons (Fsp3) is 0.158. The number of imidazole rings is 1. The molecule has 0 aliphatic carbocycles. The van der Waals surface area contributed by atoms with Crippen molar-refractivity contribution in [2.24, 2.45) is 0 Å². The van der Waals surface area contributed by atoms with Gasteiger partial charge in [0.15, 0.2) is 0 Å². The second kappa shape index (κ2) is 14.7. The van der Waals surface area contributed by atoms with E-state index in [4.69, 9.17) is 0 Å². The fourth-order valence-electron chi connectivity index (χ4n) is 4.93. The number of rotatable bonds is 6. The van der Waals surface area contributed by atoms with Crippen LogP contribution in [-0.4, -0.2) is 14.5 Å². The summed E-state index contributed by atoms with van der Waals surface area (Å²) in [6.07, 6.45) is 5.75. The van der Waals surface area contributed by atoms with Crippen LogP contribution in [0.1, 0.15) is 50.7 Å². The second-order valence-electron chi connectivity index (χ2n) is 10.6. The van der Waals surface area contributed by atoms with Gasteiger partial charge >= 0.3 is 0 Å². The van der Waals surface area contributed by atoms with Gasteiger partial charge in [0.05, 0.1) is 5.82 Å². The minimum Gasteiger partial charge on any atom is -0.340 e. The van der Waals surface area contributed by atoms with E-state index in [-0.39, 0.29) is 20.1 Å². The Morgan fingerprint density at radius 1 is 0.595 bits per heavy atom. The molecule has 0 saturated carbocycles. The van der Waals surface area contributed by atoms with Crippen LogP contribution in [0.15, 0.2) is 128 Å². The first kappa shape index (κ1) is 30.8. The molecule has 0 aliphatic heterocycles. The average Bonchev–Trinajstić information content (AvgIpc) is 3.52. The number of hydrogen-bond donors (Lipinski definition) is 0. The van der Waals surface area contributed by atoms with Gasteiger partial charge in [0.25, 0.3) is 0 Å². The molecule has 2 heterocycles. The molecule has 0 unspecified atom stereocenters. The van der Waals surface area contributed by atoms with Crippen LogP contribution in [0, 0.1) is 12.1 Å². The number of nitrogens with zero attached hydrogens (tertiary/aromatic N) is 3. The molecule has 42 heavy (non-hydrogen) atoms. The van der Waals surface area contributed by atoms with Crippen LogP contribution < -0.4 is 0 Å². The molecule has 4 aromatic carbocycles. The van der Waals surface area contributed by atoms with Crippen LogP contribution >= 0.6 is 0 Å². The summed E-state index contributed by atoms with van der Waals surface area (Å²) >= 11 is 0. The van der Waals surface area contributed by atoms with E-state index in [0.29, 0.717) is 11.8 Å². The largest absolute Gasteiger partial charge is 0.340 e. The van der Waals surface area contributed by atoms with E-state index in [2.05, 4.69) is 109 Å². The van der Waals surface area contributed by atoms with Gasteiger partial charge < -0.3 is 9.55 Å². The summed E-state index contributed by atoms with van der Waals surface area (Å²) in [5.41, 5.74) is 9.47. The van der Waals surface area contributed by atoms with E-state index in [1.807, 2.05) is 66.9 Å². The molecule has 3 nitrogen and oxygen atoms in total. The first-order chi connectivity index (χ1) is 20.0. The first-order valence-electron chi connectivity index (χ1n) is 14.1. The van der Waals surface area contributed by atoms with Crippen molar-refractivity contribution in [2.75, 3.05) is 0 Å². The fourth-order valence-corrected chi connectivity index (χ4v) is 4.93. The van der Waals surface area contributed by atoms with Gasteiger partial charge in [0.1, 0.15) is 0 Å². The molecular formula is C38H35IrN3-2. The maximum absolute atomic E-state index is 4.68. The van der Waals surface area contributed by atoms with E-state index >= 15 is 0 Å². The molecular weight excluding hydrogens is 691 g/mol. The van der Waals surface area contributed by atoms with Crippen molar-refractivity contribution in [2.45, 2.75) is 39.5 Å². The second-order valence-corrected chi connectivity index (χ2v) is 10.6. The van der Waals surface area contributed by atoms with E-state index in [0.717, 1.165) is 22.6 Å². The Bertz CT molecular complexity index is 1590. The van der Waals surface area contributed by atoms with Crippen molar-refractivity contribution in [3.8, 4) is 39.5 Å². The third-order valence-electron chi connectivity index (χ3n) is 7.00. The maximum atomic E-state index is 4.68. The molecule has 0 fully saturated rings. The smallest absolute Gasteiger partial charge is 0.0602 e. The summed E-state index contributed by atoms with van der Waals surface area (Å²) in [5, 5.41) is 0. The topological polar surface area (TPSA) is 30.7 Å². The van der Waals surface area contributed by atoms with Crippen molar-refractivity contribution in [1.29, 1.82) is 0 Å². The normalized spacial score (nSPS) is 10.6. The minimum atomic E-state index is 0. The molecule has 0 spiro atoms. The average molecular weight is 726 g/mol. The van der Waals surface area contributed by atoms with Crippen molar-refractivity contribution >= 4 is 0 Å². The van der Waals surface area contributed by atoms with Gasteiger partial charge in [-0.25, -0.2) is 0 Å². The molecule has 6 rings (SSSR count). The van der Waals surface area contributed by atoms with Crippen LogP contribution in [0.4, 0.5) is 0 Å². The number of aromatic nitrogens is 3. The zero-order valence-corrected chi connectivity index (χ0v) is 26.8. The van der Waals surface area contributed by atoms with Crippen LogP contribution in [0.3, 0.4) is 0 Å². The quantitative estimate of drug-likeness (QED) is 0.160. The predicted octanol–water partition coefficient (Wildman–Crippen LogP) is 9.80. The van der Waals surface area contributed by atoms with Crippen molar-refractivity contribution in [3.63, 3.8) is 0 Å². The van der Waals surface area contributed by atoms with Crippen LogP contribution in [0.5, 0.6) is 0 Å². The zero-order chi connectivity index (χ0) is 28.6. The van der Waals surface area contributed by atoms with Crippen molar-refractivity contribution in [3.05, 3.63) is 151 Å². The Hall–Kier alpha value is -4.11. The minimum absolute atomic E-state index is 0. The number of benzene rings is 4. The van der Waals surface area contributed by atoms with Crippen molar-refractivity contribution < 1.29 is 20.1 Å². The van der Waals surface area contributed by atoms with Gasteiger partial charge in [-0.1, -0.05) is 70.2 Å². The third kappa shape index (κ3) is 7.20. The standard InChI is InChI=1S/C27H27N2.C11H8N.Ir/c1-19(2)24-17-23(21-11-7-5-8-12-21)18-25(20(3)4)26(24)29-16-15-28-27(29)22-13-9-6-10-14-22;1-2-6-10(7-3-1)11-8-4-5-9-12-11;/h5-13,15-20H,1-4H3;1-6,8-9H;/q2*-1;. The molecule has 0 aliphatic rings. The Kier molecular flexibility index (Phi) is 10.8. The molecule has 0 amide bonds. The monoisotopic (exact) mass is 726 g/mol. The molecule has 0 saturated heterocycles. The molecule has 1 radical (unpaired) electrons. The summed E-state index contributed by atoms with van der Waals surface area (Å²) in [6.45, 7) is 9.07. The molecule has 6 aromatic rings. The van der Waals surface area contributed by atoms with Crippen LogP contribution in [0.2, 0.25) is 0 Å². The summed E-state index contributed by atoms with van der Waals surface area (Å²) in [5.74, 6) is 1.71. The van der Waals surface area contributed by atoms with Crippen LogP contribution in [0.25, 0.3) is 39.5 Å². The molecule has 2 aromatic heterocycles. The predicted molar refractivity (Wildman–Crippen MR) is 170 cm³/mol. The van der Waals surface area contributed by atoms with Gasteiger partial charge in [-0.2, -0.15) is 0 Å². The number of pyridine rings is 1. The molecule has 0 bridgehead atoms. The van der Waals surface area contributed by atoms with Gasteiger partial charge in [-0.05, 0) is 58.0 Å². The zero-order valence-electron chi connectivity index (χ0n) is 24.5. The van der Waals surface area contributed by atoms with E-state index in [1.165, 1.54) is 27.9 Å². The summed E-state index contributed by atoms with van der Waals surface area (Å²) in [4.78, 5) is 8.89. The summed E-state index contributed by atoms with van der Waals surface area (Å²) < 4.78 is 2.24. The SMILES string of the molecule is CC(C)c1cc(-c2ccccc2)cc(C(C)C)c1-n1ccnc1-c1[c-]cccc1.[Ir].[c-]1ccccc1-c1ccccn1. The summed E-state index contributed by atoms with van der Waals surface area (Å²) in [7, 11) is 0. The Morgan fingerprint density at radius 2 is 1.19 bits per heavy atom. The molecule has 0 N–H and O–H groups in total. The van der Waals surface area contributed by atoms with Gasteiger partial charge in [0.2, 0.25) is 0 Å². The summed E-state index contributed by atoms with van der Waals surface area (Å²) in [6, 6.07) is 43.5. The Balaban J connectivity index is 0.000000261. The molecule has 213 valence electrons. The van der Waals surface area contributed by atoms with Gasteiger partial charge in [-0.3, -0.25) is 4.98 Å². The molecule has 4 heteroatoms. The Morgan fingerprint density at radius 3 is 1.74 bits per heavy atom. The number of hydrogen-bond acceptors (Lipinski definition) is 2. The maximum Gasteiger partial charge on any atom is 0.0602 e. The third-order valence-corrected chi connectivity index (χ3v) is 7.00. The Labute approximate surface area is 263 Å². The van der Waals surface area contributed by atoms with Crippen molar-refractivity contribution in [1.82, 2.24) is 14.5 Å². The van der Waals surface area contributed by atoms with E-state index in [9.17, 15) is 0 Å².